The molecule has 0 spiro atoms. The van der Waals surface area contributed by atoms with Crippen molar-refractivity contribution in [2.75, 3.05) is 32.7 Å². The summed E-state index contributed by atoms with van der Waals surface area (Å²) in [5, 5.41) is 12.5. The summed E-state index contributed by atoms with van der Waals surface area (Å²) in [5.41, 5.74) is 5.97. The Morgan fingerprint density at radius 1 is 1.50 bits per heavy atom. The van der Waals surface area contributed by atoms with Gasteiger partial charge in [-0.1, -0.05) is 0 Å². The van der Waals surface area contributed by atoms with Crippen molar-refractivity contribution in [3.05, 3.63) is 23.8 Å². The number of aliphatic hydroxyl groups is 1. The van der Waals surface area contributed by atoms with Crippen LogP contribution in [-0.4, -0.2) is 43.5 Å². The van der Waals surface area contributed by atoms with Crippen molar-refractivity contribution in [1.82, 2.24) is 5.32 Å². The van der Waals surface area contributed by atoms with Crippen molar-refractivity contribution in [1.29, 1.82) is 0 Å². The van der Waals surface area contributed by atoms with Crippen molar-refractivity contribution in [2.24, 2.45) is 0 Å². The predicted molar refractivity (Wildman–Crippen MR) is 74.7 cm³/mol. The van der Waals surface area contributed by atoms with Gasteiger partial charge in [0.05, 0.1) is 24.8 Å². The van der Waals surface area contributed by atoms with Crippen LogP contribution in [0.5, 0.6) is 5.75 Å². The highest BCUT2D eigenvalue weighted by molar-refractivity contribution is 5.99. The summed E-state index contributed by atoms with van der Waals surface area (Å²) in [6.45, 7) is 0.941. The highest BCUT2D eigenvalue weighted by atomic mass is 16.5. The van der Waals surface area contributed by atoms with Crippen molar-refractivity contribution in [3.63, 3.8) is 0 Å². The summed E-state index contributed by atoms with van der Waals surface area (Å²) in [7, 11) is 1.54. The number of rotatable bonds is 4. The number of aliphatic hydroxyl groups excluding tert-OH is 1. The Labute approximate surface area is 117 Å². The molecule has 1 heterocycles. The molecule has 0 atom stereocenters. The number of nitrogens with two attached hydrogens (primary N) is 1. The lowest BCUT2D eigenvalue weighted by atomic mass is 9.90. The van der Waals surface area contributed by atoms with Crippen molar-refractivity contribution in [3.8, 4) is 5.75 Å². The van der Waals surface area contributed by atoms with Crippen LogP contribution in [0.4, 0.5) is 5.69 Å². The summed E-state index contributed by atoms with van der Waals surface area (Å²) in [6.07, 6.45) is 1.18. The molecule has 0 unspecified atom stereocenters. The second-order valence-electron chi connectivity index (χ2n) is 4.96. The molecule has 110 valence electrons. The van der Waals surface area contributed by atoms with Crippen molar-refractivity contribution >= 4 is 11.6 Å². The zero-order chi connectivity index (χ0) is 14.6. The maximum atomic E-state index is 12.3. The van der Waals surface area contributed by atoms with E-state index in [-0.39, 0.29) is 12.5 Å². The summed E-state index contributed by atoms with van der Waals surface area (Å²) in [6, 6.07) is 4.90. The third kappa shape index (κ3) is 3.02. The minimum Gasteiger partial charge on any atom is -0.497 e. The maximum absolute atomic E-state index is 12.3. The summed E-state index contributed by atoms with van der Waals surface area (Å²) >= 11 is 0. The number of amides is 1. The molecule has 20 heavy (non-hydrogen) atoms. The molecule has 1 amide bonds. The van der Waals surface area contributed by atoms with E-state index in [9.17, 15) is 9.90 Å². The van der Waals surface area contributed by atoms with E-state index in [1.54, 1.807) is 18.2 Å². The second kappa shape index (κ2) is 6.11. The number of hydrogen-bond donors (Lipinski definition) is 3. The van der Waals surface area contributed by atoms with Gasteiger partial charge in [-0.15, -0.1) is 0 Å². The predicted octanol–water partition coefficient (Wildman–Crippen LogP) is 0.549. The van der Waals surface area contributed by atoms with Crippen LogP contribution in [0.2, 0.25) is 0 Å². The van der Waals surface area contributed by atoms with E-state index < -0.39 is 5.54 Å². The van der Waals surface area contributed by atoms with Crippen LogP contribution in [0.25, 0.3) is 0 Å². The minimum atomic E-state index is -0.623. The van der Waals surface area contributed by atoms with Crippen LogP contribution in [0.1, 0.15) is 23.2 Å². The average Bonchev–Trinajstić information content (AvgIpc) is 2.47. The van der Waals surface area contributed by atoms with Gasteiger partial charge in [0.2, 0.25) is 0 Å². The zero-order valence-corrected chi connectivity index (χ0v) is 11.5. The third-order valence-electron chi connectivity index (χ3n) is 3.63. The topological polar surface area (TPSA) is 93.8 Å². The molecule has 6 heteroatoms. The van der Waals surface area contributed by atoms with E-state index >= 15 is 0 Å². The molecule has 0 bridgehead atoms. The fourth-order valence-corrected chi connectivity index (χ4v) is 2.27. The fraction of sp³-hybridized carbons (Fsp3) is 0.500. The number of methoxy groups -OCH3 is 1. The Hall–Kier alpha value is -1.79. The molecular weight excluding hydrogens is 260 g/mol. The lowest BCUT2D eigenvalue weighted by Gasteiger charge is -2.36. The first-order valence-corrected chi connectivity index (χ1v) is 6.55. The van der Waals surface area contributed by atoms with Gasteiger partial charge < -0.3 is 25.6 Å². The molecule has 0 radical (unpaired) electrons. The van der Waals surface area contributed by atoms with E-state index in [1.165, 1.54) is 7.11 Å². The summed E-state index contributed by atoms with van der Waals surface area (Å²) in [5.74, 6) is 0.308. The molecule has 4 N–H and O–H groups in total. The van der Waals surface area contributed by atoms with Gasteiger partial charge in [0.15, 0.2) is 0 Å². The zero-order valence-electron chi connectivity index (χ0n) is 11.5. The van der Waals surface area contributed by atoms with Gasteiger partial charge in [0.25, 0.3) is 5.91 Å². The number of nitrogens with one attached hydrogen (secondary N) is 1. The molecule has 6 nitrogen and oxygen atoms in total. The summed E-state index contributed by atoms with van der Waals surface area (Å²) in [4.78, 5) is 12.3. The largest absolute Gasteiger partial charge is 0.497 e. The molecule has 1 aliphatic rings. The monoisotopic (exact) mass is 280 g/mol. The van der Waals surface area contributed by atoms with Crippen molar-refractivity contribution < 1.29 is 19.4 Å². The Balaban J connectivity index is 2.14. The van der Waals surface area contributed by atoms with Gasteiger partial charge in [0.1, 0.15) is 5.75 Å². The third-order valence-corrected chi connectivity index (χ3v) is 3.63. The number of anilines is 1. The van der Waals surface area contributed by atoms with Gasteiger partial charge in [-0.05, 0) is 25.0 Å². The van der Waals surface area contributed by atoms with Crippen LogP contribution >= 0.6 is 0 Å². The molecule has 0 saturated carbocycles. The van der Waals surface area contributed by atoms with Crippen LogP contribution in [0.15, 0.2) is 18.2 Å². The Bertz CT molecular complexity index is 484. The highest BCUT2D eigenvalue weighted by Gasteiger charge is 2.34. The number of ether oxygens (including phenoxy) is 2. The molecule has 0 aliphatic carbocycles. The fourth-order valence-electron chi connectivity index (χ4n) is 2.27. The lowest BCUT2D eigenvalue weighted by molar-refractivity contribution is 0.0125. The molecule has 1 aromatic carbocycles. The van der Waals surface area contributed by atoms with Crippen LogP contribution < -0.4 is 15.8 Å². The van der Waals surface area contributed by atoms with Crippen LogP contribution in [0.3, 0.4) is 0 Å². The first kappa shape index (κ1) is 14.6. The minimum absolute atomic E-state index is 0.113. The van der Waals surface area contributed by atoms with Crippen LogP contribution in [0, 0.1) is 0 Å². The molecule has 2 rings (SSSR count). The molecule has 1 fully saturated rings. The Kier molecular flexibility index (Phi) is 4.46. The average molecular weight is 280 g/mol. The first-order chi connectivity index (χ1) is 9.60. The number of benzene rings is 1. The van der Waals surface area contributed by atoms with Gasteiger partial charge in [-0.2, -0.15) is 0 Å². The number of carbonyl (C=O) groups excluding carboxylic acids is 1. The maximum Gasteiger partial charge on any atom is 0.253 e. The van der Waals surface area contributed by atoms with Gasteiger partial charge in [-0.25, -0.2) is 0 Å². The second-order valence-corrected chi connectivity index (χ2v) is 4.96. The van der Waals surface area contributed by atoms with E-state index in [0.717, 1.165) is 0 Å². The first-order valence-electron chi connectivity index (χ1n) is 6.55. The van der Waals surface area contributed by atoms with E-state index in [2.05, 4.69) is 5.32 Å². The smallest absolute Gasteiger partial charge is 0.253 e. The normalized spacial score (nSPS) is 17.5. The lowest BCUT2D eigenvalue weighted by Crippen LogP contribution is -2.54. The van der Waals surface area contributed by atoms with Crippen LogP contribution in [-0.2, 0) is 4.74 Å². The Morgan fingerprint density at radius 3 is 2.75 bits per heavy atom. The highest BCUT2D eigenvalue weighted by Crippen LogP contribution is 2.23. The Morgan fingerprint density at radius 2 is 2.20 bits per heavy atom. The number of hydrogen-bond acceptors (Lipinski definition) is 5. The van der Waals surface area contributed by atoms with Gasteiger partial charge >= 0.3 is 0 Å². The molecule has 0 aromatic heterocycles. The standard InChI is InChI=1S/C14H20N2O4/c1-19-10-2-3-11(12(15)8-10)13(18)16-14(9-17)4-6-20-7-5-14/h2-3,8,17H,4-7,9,15H2,1H3,(H,16,18). The van der Waals surface area contributed by atoms with Gasteiger partial charge in [0, 0.05) is 25.0 Å². The van der Waals surface area contributed by atoms with E-state index in [4.69, 9.17) is 15.2 Å². The summed E-state index contributed by atoms with van der Waals surface area (Å²) < 4.78 is 10.3. The molecular formula is C14H20N2O4. The quantitative estimate of drug-likeness (QED) is 0.700. The van der Waals surface area contributed by atoms with E-state index in [0.29, 0.717) is 43.1 Å². The number of nitrogen functional groups attached to an aromatic ring is 1. The molecule has 1 saturated heterocycles. The molecule has 1 aromatic rings. The SMILES string of the molecule is COc1ccc(C(=O)NC2(CO)CCOCC2)c(N)c1. The van der Waals surface area contributed by atoms with Crippen molar-refractivity contribution in [2.45, 2.75) is 18.4 Å². The van der Waals surface area contributed by atoms with E-state index in [1.807, 2.05) is 0 Å². The number of carbonyl (C=O) groups is 1. The van der Waals surface area contributed by atoms with Gasteiger partial charge in [-0.3, -0.25) is 4.79 Å². The molecule has 1 aliphatic heterocycles.